The summed E-state index contributed by atoms with van der Waals surface area (Å²) in [6, 6.07) is 10.2. The first-order valence-electron chi connectivity index (χ1n) is 8.51. The molecule has 0 saturated heterocycles. The van der Waals surface area contributed by atoms with Gasteiger partial charge in [0.2, 0.25) is 5.91 Å². The van der Waals surface area contributed by atoms with Crippen LogP contribution in [0.25, 0.3) is 10.6 Å². The van der Waals surface area contributed by atoms with Crippen LogP contribution in [0.5, 0.6) is 0 Å². The lowest BCUT2D eigenvalue weighted by Crippen LogP contribution is -2.25. The van der Waals surface area contributed by atoms with Crippen LogP contribution in [0.1, 0.15) is 49.1 Å². The van der Waals surface area contributed by atoms with E-state index < -0.39 is 0 Å². The molecule has 0 aliphatic heterocycles. The summed E-state index contributed by atoms with van der Waals surface area (Å²) < 4.78 is 0. The topological polar surface area (TPSA) is 42.0 Å². The molecule has 122 valence electrons. The van der Waals surface area contributed by atoms with E-state index >= 15 is 0 Å². The Morgan fingerprint density at radius 3 is 2.70 bits per heavy atom. The van der Waals surface area contributed by atoms with Crippen LogP contribution in [-0.4, -0.2) is 10.9 Å². The van der Waals surface area contributed by atoms with Gasteiger partial charge in [-0.15, -0.1) is 11.3 Å². The number of carbonyl (C=O) groups is 1. The van der Waals surface area contributed by atoms with Gasteiger partial charge in [0, 0.05) is 16.9 Å². The summed E-state index contributed by atoms with van der Waals surface area (Å²) in [6.07, 6.45) is 7.01. The van der Waals surface area contributed by atoms with Crippen molar-refractivity contribution in [2.45, 2.75) is 52.0 Å². The van der Waals surface area contributed by atoms with Gasteiger partial charge in [0.15, 0.2) is 0 Å². The van der Waals surface area contributed by atoms with Gasteiger partial charge in [0.1, 0.15) is 5.01 Å². The summed E-state index contributed by atoms with van der Waals surface area (Å²) in [4.78, 5) is 17.9. The number of carbonyl (C=O) groups excluding carboxylic acids is 1. The molecule has 1 N–H and O–H groups in total. The monoisotopic (exact) mass is 328 g/mol. The molecular weight excluding hydrogens is 304 g/mol. The fourth-order valence-corrected chi connectivity index (χ4v) is 4.21. The Balaban J connectivity index is 1.56. The molecule has 1 amide bonds. The lowest BCUT2D eigenvalue weighted by atomic mass is 9.87. The second-order valence-electron chi connectivity index (χ2n) is 6.38. The van der Waals surface area contributed by atoms with Gasteiger partial charge in [0.05, 0.1) is 12.2 Å². The van der Waals surface area contributed by atoms with Gasteiger partial charge in [-0.25, -0.2) is 4.98 Å². The molecule has 0 radical (unpaired) electrons. The minimum Gasteiger partial charge on any atom is -0.351 e. The normalized spacial score (nSPS) is 15.5. The molecule has 0 unspecified atom stereocenters. The number of nitrogens with zero attached hydrogens (tertiary/aromatic N) is 1. The third kappa shape index (κ3) is 4.41. The molecule has 3 nitrogen and oxygen atoms in total. The zero-order chi connectivity index (χ0) is 16.1. The maximum Gasteiger partial charge on any atom is 0.220 e. The highest BCUT2D eigenvalue weighted by Gasteiger charge is 2.17. The maximum absolute atomic E-state index is 12.1. The van der Waals surface area contributed by atoms with Crippen molar-refractivity contribution in [2.75, 3.05) is 0 Å². The number of thiazole rings is 1. The fraction of sp³-hybridized carbons (Fsp3) is 0.474. The molecule has 1 aromatic heterocycles. The summed E-state index contributed by atoms with van der Waals surface area (Å²) in [5, 5.41) is 4.11. The highest BCUT2D eigenvalue weighted by Crippen LogP contribution is 2.28. The van der Waals surface area contributed by atoms with E-state index in [-0.39, 0.29) is 5.91 Å². The van der Waals surface area contributed by atoms with E-state index in [0.717, 1.165) is 21.1 Å². The molecule has 0 atom stereocenters. The first kappa shape index (κ1) is 16.2. The minimum atomic E-state index is 0.186. The van der Waals surface area contributed by atoms with Gasteiger partial charge in [-0.2, -0.15) is 0 Å². The zero-order valence-electron chi connectivity index (χ0n) is 13.7. The van der Waals surface area contributed by atoms with Crippen molar-refractivity contribution in [1.82, 2.24) is 10.3 Å². The third-order valence-corrected chi connectivity index (χ3v) is 5.76. The highest BCUT2D eigenvalue weighted by molar-refractivity contribution is 7.15. The number of amides is 1. The molecule has 4 heteroatoms. The van der Waals surface area contributed by atoms with Gasteiger partial charge in [-0.1, -0.05) is 49.6 Å². The van der Waals surface area contributed by atoms with Crippen molar-refractivity contribution < 1.29 is 4.79 Å². The average Bonchev–Trinajstić information content (AvgIpc) is 2.96. The van der Waals surface area contributed by atoms with Crippen LogP contribution in [0, 0.1) is 12.8 Å². The molecule has 0 bridgehead atoms. The van der Waals surface area contributed by atoms with Gasteiger partial charge in [-0.05, 0) is 25.7 Å². The molecule has 3 rings (SSSR count). The molecular formula is C19H24N2OS. The van der Waals surface area contributed by atoms with E-state index in [1.54, 1.807) is 11.3 Å². The Morgan fingerprint density at radius 1 is 1.22 bits per heavy atom. The number of rotatable bonds is 5. The quantitative estimate of drug-likeness (QED) is 0.864. The zero-order valence-corrected chi connectivity index (χ0v) is 14.5. The Labute approximate surface area is 142 Å². The largest absolute Gasteiger partial charge is 0.351 e. The van der Waals surface area contributed by atoms with Crippen molar-refractivity contribution in [1.29, 1.82) is 0 Å². The van der Waals surface area contributed by atoms with Crippen molar-refractivity contribution in [3.63, 3.8) is 0 Å². The number of benzene rings is 1. The molecule has 0 spiro atoms. The van der Waals surface area contributed by atoms with E-state index in [1.807, 2.05) is 25.1 Å². The minimum absolute atomic E-state index is 0.186. The first-order chi connectivity index (χ1) is 11.2. The van der Waals surface area contributed by atoms with Crippen LogP contribution in [0.15, 0.2) is 30.3 Å². The highest BCUT2D eigenvalue weighted by atomic mass is 32.1. The predicted octanol–water partition coefficient (Wildman–Crippen LogP) is 4.71. The van der Waals surface area contributed by atoms with Crippen LogP contribution in [0.3, 0.4) is 0 Å². The van der Waals surface area contributed by atoms with Crippen LogP contribution < -0.4 is 5.32 Å². The van der Waals surface area contributed by atoms with E-state index in [4.69, 9.17) is 0 Å². The fourth-order valence-electron chi connectivity index (χ4n) is 3.20. The SMILES string of the molecule is Cc1nc(-c2ccccc2)sc1CNC(=O)CC1CCCCC1. The predicted molar refractivity (Wildman–Crippen MR) is 95.3 cm³/mol. The number of nitrogens with one attached hydrogen (secondary N) is 1. The van der Waals surface area contributed by atoms with Crippen molar-refractivity contribution in [3.8, 4) is 10.6 Å². The lowest BCUT2D eigenvalue weighted by Gasteiger charge is -2.20. The first-order valence-corrected chi connectivity index (χ1v) is 9.32. The van der Waals surface area contributed by atoms with E-state index in [2.05, 4.69) is 22.4 Å². The molecule has 1 heterocycles. The van der Waals surface area contributed by atoms with Crippen molar-refractivity contribution in [2.24, 2.45) is 5.92 Å². The Kier molecular flexibility index (Phi) is 5.44. The van der Waals surface area contributed by atoms with Crippen molar-refractivity contribution in [3.05, 3.63) is 40.9 Å². The molecule has 23 heavy (non-hydrogen) atoms. The molecule has 1 fully saturated rings. The van der Waals surface area contributed by atoms with Gasteiger partial charge >= 0.3 is 0 Å². The van der Waals surface area contributed by atoms with Crippen LogP contribution in [0.2, 0.25) is 0 Å². The van der Waals surface area contributed by atoms with E-state index in [0.29, 0.717) is 18.9 Å². The Hall–Kier alpha value is -1.68. The molecule has 1 aliphatic carbocycles. The lowest BCUT2D eigenvalue weighted by molar-refractivity contribution is -0.122. The Morgan fingerprint density at radius 2 is 1.96 bits per heavy atom. The van der Waals surface area contributed by atoms with E-state index in [1.165, 1.54) is 32.1 Å². The van der Waals surface area contributed by atoms with Gasteiger partial charge < -0.3 is 5.32 Å². The Bertz CT molecular complexity index is 645. The molecule has 1 saturated carbocycles. The van der Waals surface area contributed by atoms with Crippen molar-refractivity contribution >= 4 is 17.2 Å². The summed E-state index contributed by atoms with van der Waals surface area (Å²) >= 11 is 1.67. The smallest absolute Gasteiger partial charge is 0.220 e. The number of aromatic nitrogens is 1. The maximum atomic E-state index is 12.1. The summed E-state index contributed by atoms with van der Waals surface area (Å²) in [5.41, 5.74) is 2.16. The summed E-state index contributed by atoms with van der Waals surface area (Å²) in [7, 11) is 0. The van der Waals surface area contributed by atoms with E-state index in [9.17, 15) is 4.79 Å². The third-order valence-electron chi connectivity index (χ3n) is 4.56. The number of aryl methyl sites for hydroxylation is 1. The second kappa shape index (κ2) is 7.73. The standard InChI is InChI=1S/C19H24N2OS/c1-14-17(23-19(21-14)16-10-6-3-7-11-16)13-20-18(22)12-15-8-4-2-5-9-15/h3,6-7,10-11,15H,2,4-5,8-9,12-13H2,1H3,(H,20,22). The second-order valence-corrected chi connectivity index (χ2v) is 7.46. The summed E-state index contributed by atoms with van der Waals surface area (Å²) in [6.45, 7) is 2.62. The van der Waals surface area contributed by atoms with Crippen LogP contribution >= 0.6 is 11.3 Å². The number of hydrogen-bond donors (Lipinski definition) is 1. The van der Waals surface area contributed by atoms with Crippen LogP contribution in [0.4, 0.5) is 0 Å². The van der Waals surface area contributed by atoms with Gasteiger partial charge in [-0.3, -0.25) is 4.79 Å². The molecule has 1 aromatic carbocycles. The number of hydrogen-bond acceptors (Lipinski definition) is 3. The van der Waals surface area contributed by atoms with Crippen LogP contribution in [-0.2, 0) is 11.3 Å². The molecule has 1 aliphatic rings. The van der Waals surface area contributed by atoms with Gasteiger partial charge in [0.25, 0.3) is 0 Å². The average molecular weight is 328 g/mol. The summed E-state index contributed by atoms with van der Waals surface area (Å²) in [5.74, 6) is 0.775. The molecule has 2 aromatic rings.